The zero-order valence-electron chi connectivity index (χ0n) is 19.6. The lowest BCUT2D eigenvalue weighted by Gasteiger charge is -2.44. The second-order valence-corrected chi connectivity index (χ2v) is 11.0. The summed E-state index contributed by atoms with van der Waals surface area (Å²) in [5.74, 6) is -0.332. The standard InChI is InChI=1S/C25H27BrClFN4O2/c1-14-9-15(11-16(28)10-14)22-23(18-12-19(26)20(27)13-21(18)29-30-22)31-7-5-17(6-8-31)32(24(33)34)25(2,3)4/h9-13,17H,5-8H2,1-4H3,(H,33,34). The van der Waals surface area contributed by atoms with Crippen molar-refractivity contribution in [2.24, 2.45) is 0 Å². The Bertz CT molecular complexity index is 1240. The molecule has 0 bridgehead atoms. The Balaban J connectivity index is 1.79. The van der Waals surface area contributed by atoms with Gasteiger partial charge < -0.3 is 14.9 Å². The summed E-state index contributed by atoms with van der Waals surface area (Å²) in [4.78, 5) is 15.7. The average molecular weight is 550 g/mol. The number of benzene rings is 2. The first kappa shape index (κ1) is 24.7. The van der Waals surface area contributed by atoms with Crippen molar-refractivity contribution in [3.05, 3.63) is 51.2 Å². The Labute approximate surface area is 211 Å². The van der Waals surface area contributed by atoms with Crippen molar-refractivity contribution in [3.63, 3.8) is 0 Å². The van der Waals surface area contributed by atoms with Gasteiger partial charge in [0.15, 0.2) is 0 Å². The van der Waals surface area contributed by atoms with E-state index in [1.807, 2.05) is 39.8 Å². The summed E-state index contributed by atoms with van der Waals surface area (Å²) in [5.41, 5.74) is 3.04. The summed E-state index contributed by atoms with van der Waals surface area (Å²) in [5, 5.41) is 20.1. The highest BCUT2D eigenvalue weighted by Gasteiger charge is 2.36. The quantitative estimate of drug-likeness (QED) is 0.384. The van der Waals surface area contributed by atoms with E-state index in [4.69, 9.17) is 11.6 Å². The van der Waals surface area contributed by atoms with E-state index in [9.17, 15) is 14.3 Å². The molecule has 0 atom stereocenters. The summed E-state index contributed by atoms with van der Waals surface area (Å²) in [6, 6.07) is 8.43. The summed E-state index contributed by atoms with van der Waals surface area (Å²) in [6.07, 6.45) is 0.435. The largest absolute Gasteiger partial charge is 0.465 e. The Kier molecular flexibility index (Phi) is 6.75. The third kappa shape index (κ3) is 4.84. The summed E-state index contributed by atoms with van der Waals surface area (Å²) < 4.78 is 15.0. The van der Waals surface area contributed by atoms with Gasteiger partial charge >= 0.3 is 6.09 Å². The van der Waals surface area contributed by atoms with Crippen LogP contribution >= 0.6 is 27.5 Å². The van der Waals surface area contributed by atoms with Gasteiger partial charge in [-0.3, -0.25) is 0 Å². The molecule has 1 aliphatic heterocycles. The molecular formula is C25H27BrClFN4O2. The Morgan fingerprint density at radius 3 is 2.44 bits per heavy atom. The minimum Gasteiger partial charge on any atom is -0.465 e. The molecule has 1 aromatic heterocycles. The zero-order chi connectivity index (χ0) is 24.8. The van der Waals surface area contributed by atoms with Gasteiger partial charge in [-0.1, -0.05) is 11.6 Å². The molecule has 0 spiro atoms. The molecule has 0 aliphatic carbocycles. The maximum atomic E-state index is 14.3. The maximum absolute atomic E-state index is 14.3. The first-order valence-corrected chi connectivity index (χ1v) is 12.3. The van der Waals surface area contributed by atoms with Crippen LogP contribution in [0.4, 0.5) is 14.9 Å². The van der Waals surface area contributed by atoms with Gasteiger partial charge in [0.25, 0.3) is 0 Å². The molecule has 1 aliphatic rings. The topological polar surface area (TPSA) is 69.6 Å². The monoisotopic (exact) mass is 548 g/mol. The van der Waals surface area contributed by atoms with Gasteiger partial charge in [0.1, 0.15) is 11.5 Å². The number of aryl methyl sites for hydroxylation is 1. The second-order valence-electron chi connectivity index (χ2n) is 9.74. The highest BCUT2D eigenvalue weighted by atomic mass is 79.9. The normalized spacial score (nSPS) is 15.1. The number of anilines is 1. The number of halogens is 3. The predicted molar refractivity (Wildman–Crippen MR) is 137 cm³/mol. The van der Waals surface area contributed by atoms with Gasteiger partial charge in [-0.25, -0.2) is 9.18 Å². The van der Waals surface area contributed by atoms with Crippen LogP contribution in [0.25, 0.3) is 22.2 Å². The van der Waals surface area contributed by atoms with Crippen molar-refractivity contribution >= 4 is 50.2 Å². The van der Waals surface area contributed by atoms with Crippen molar-refractivity contribution in [3.8, 4) is 11.3 Å². The number of fused-ring (bicyclic) bond motifs is 1. The molecule has 1 fully saturated rings. The number of carboxylic acid groups (broad SMARTS) is 1. The third-order valence-electron chi connectivity index (χ3n) is 6.17. The molecule has 4 rings (SSSR count). The smallest absolute Gasteiger partial charge is 0.407 e. The third-order valence-corrected chi connectivity index (χ3v) is 7.36. The molecule has 1 N–H and O–H groups in total. The maximum Gasteiger partial charge on any atom is 0.407 e. The lowest BCUT2D eigenvalue weighted by atomic mass is 9.95. The Hall–Kier alpha value is -2.45. The lowest BCUT2D eigenvalue weighted by molar-refractivity contribution is 0.0616. The van der Waals surface area contributed by atoms with E-state index < -0.39 is 11.6 Å². The van der Waals surface area contributed by atoms with Crippen LogP contribution in [0.2, 0.25) is 5.02 Å². The highest BCUT2D eigenvalue weighted by molar-refractivity contribution is 9.10. The predicted octanol–water partition coefficient (Wildman–Crippen LogP) is 6.91. The first-order valence-electron chi connectivity index (χ1n) is 11.2. The van der Waals surface area contributed by atoms with Crippen LogP contribution in [0.3, 0.4) is 0 Å². The van der Waals surface area contributed by atoms with E-state index in [1.54, 1.807) is 11.0 Å². The number of nitrogens with zero attached hydrogens (tertiary/aromatic N) is 4. The number of aromatic nitrogens is 2. The molecule has 6 nitrogen and oxygen atoms in total. The fourth-order valence-corrected chi connectivity index (χ4v) is 5.31. The molecule has 3 aromatic rings. The molecule has 1 saturated heterocycles. The van der Waals surface area contributed by atoms with E-state index in [1.165, 1.54) is 12.1 Å². The number of rotatable bonds is 3. The number of piperidine rings is 1. The van der Waals surface area contributed by atoms with Crippen molar-refractivity contribution in [2.75, 3.05) is 18.0 Å². The van der Waals surface area contributed by atoms with Crippen LogP contribution in [-0.4, -0.2) is 51.0 Å². The fourth-order valence-electron chi connectivity index (χ4n) is 4.81. The van der Waals surface area contributed by atoms with Crippen LogP contribution in [-0.2, 0) is 0 Å². The minimum atomic E-state index is -0.906. The van der Waals surface area contributed by atoms with E-state index in [2.05, 4.69) is 31.0 Å². The van der Waals surface area contributed by atoms with Crippen LogP contribution in [0.5, 0.6) is 0 Å². The summed E-state index contributed by atoms with van der Waals surface area (Å²) in [6.45, 7) is 8.85. The van der Waals surface area contributed by atoms with Crippen LogP contribution in [0, 0.1) is 12.7 Å². The van der Waals surface area contributed by atoms with Crippen molar-refractivity contribution in [1.82, 2.24) is 15.1 Å². The minimum absolute atomic E-state index is 0.0872. The van der Waals surface area contributed by atoms with E-state index in [-0.39, 0.29) is 11.9 Å². The molecule has 1 amide bonds. The van der Waals surface area contributed by atoms with E-state index in [0.29, 0.717) is 47.7 Å². The number of hydrogen-bond acceptors (Lipinski definition) is 4. The first-order chi connectivity index (χ1) is 16.0. The Morgan fingerprint density at radius 2 is 1.85 bits per heavy atom. The van der Waals surface area contributed by atoms with Crippen LogP contribution in [0.15, 0.2) is 34.8 Å². The summed E-state index contributed by atoms with van der Waals surface area (Å²) >= 11 is 9.83. The number of carbonyl (C=O) groups is 1. The van der Waals surface area contributed by atoms with Gasteiger partial charge in [-0.15, -0.1) is 10.2 Å². The van der Waals surface area contributed by atoms with Crippen molar-refractivity contribution in [2.45, 2.75) is 52.1 Å². The van der Waals surface area contributed by atoms with Crippen molar-refractivity contribution < 1.29 is 14.3 Å². The fraction of sp³-hybridized carbons (Fsp3) is 0.400. The Morgan fingerprint density at radius 1 is 1.18 bits per heavy atom. The highest BCUT2D eigenvalue weighted by Crippen LogP contribution is 2.40. The zero-order valence-corrected chi connectivity index (χ0v) is 21.9. The second kappa shape index (κ2) is 9.30. The molecule has 2 heterocycles. The molecule has 0 radical (unpaired) electrons. The van der Waals surface area contributed by atoms with Crippen LogP contribution in [0.1, 0.15) is 39.2 Å². The number of amides is 1. The molecular weight excluding hydrogens is 523 g/mol. The molecule has 0 unspecified atom stereocenters. The molecule has 9 heteroatoms. The molecule has 0 saturated carbocycles. The lowest BCUT2D eigenvalue weighted by Crippen LogP contribution is -2.54. The van der Waals surface area contributed by atoms with E-state index >= 15 is 0 Å². The van der Waals surface area contributed by atoms with Crippen molar-refractivity contribution in [1.29, 1.82) is 0 Å². The molecule has 2 aromatic carbocycles. The van der Waals surface area contributed by atoms with Crippen LogP contribution < -0.4 is 4.90 Å². The van der Waals surface area contributed by atoms with Gasteiger partial charge in [-0.05, 0) is 92.4 Å². The van der Waals surface area contributed by atoms with Gasteiger partial charge in [-0.2, -0.15) is 0 Å². The van der Waals surface area contributed by atoms with E-state index in [0.717, 1.165) is 21.1 Å². The summed E-state index contributed by atoms with van der Waals surface area (Å²) in [7, 11) is 0. The molecule has 34 heavy (non-hydrogen) atoms. The van der Waals surface area contributed by atoms with Gasteiger partial charge in [0.05, 0.1) is 16.2 Å². The molecule has 180 valence electrons. The average Bonchev–Trinajstić information content (AvgIpc) is 2.72. The van der Waals surface area contributed by atoms with Gasteiger partial charge in [0, 0.05) is 40.1 Å². The number of hydrogen-bond donors (Lipinski definition) is 1. The van der Waals surface area contributed by atoms with Gasteiger partial charge in [0.2, 0.25) is 0 Å². The SMILES string of the molecule is Cc1cc(F)cc(-c2nnc3cc(Cl)c(Br)cc3c2N2CCC(N(C(=O)O)C(C)(C)C)CC2)c1.